The van der Waals surface area contributed by atoms with Crippen LogP contribution in [0.4, 0.5) is 0 Å². The average molecular weight is 267 g/mol. The van der Waals surface area contributed by atoms with E-state index in [1.165, 1.54) is 0 Å². The van der Waals surface area contributed by atoms with Gasteiger partial charge in [-0.2, -0.15) is 0 Å². The van der Waals surface area contributed by atoms with Gasteiger partial charge in [0.2, 0.25) is 5.91 Å². The highest BCUT2D eigenvalue weighted by atomic mass is 16.4. The van der Waals surface area contributed by atoms with Crippen LogP contribution in [-0.4, -0.2) is 34.5 Å². The molecule has 1 saturated heterocycles. The first-order valence-electron chi connectivity index (χ1n) is 7.32. The average Bonchev–Trinajstić information content (AvgIpc) is 2.74. The van der Waals surface area contributed by atoms with Gasteiger partial charge >= 0.3 is 5.97 Å². The Morgan fingerprint density at radius 3 is 2.16 bits per heavy atom. The Kier molecular flexibility index (Phi) is 3.63. The summed E-state index contributed by atoms with van der Waals surface area (Å²) in [5.74, 6) is -0.801. The van der Waals surface area contributed by atoms with E-state index in [-0.39, 0.29) is 16.7 Å². The Hall–Kier alpha value is -1.06. The molecule has 19 heavy (non-hydrogen) atoms. The highest BCUT2D eigenvalue weighted by molar-refractivity contribution is 5.88. The number of rotatable bonds is 2. The molecule has 2 fully saturated rings. The lowest BCUT2D eigenvalue weighted by atomic mass is 9.75. The molecule has 0 spiro atoms. The number of hydrogen-bond donors (Lipinski definition) is 1. The maximum atomic E-state index is 12.8. The van der Waals surface area contributed by atoms with Gasteiger partial charge in [0.05, 0.1) is 0 Å². The van der Waals surface area contributed by atoms with Crippen molar-refractivity contribution in [1.29, 1.82) is 0 Å². The Labute approximate surface area is 115 Å². The summed E-state index contributed by atoms with van der Waals surface area (Å²) in [6, 6.07) is -0.675. The number of carboxylic acid groups (broad SMARTS) is 1. The van der Waals surface area contributed by atoms with Gasteiger partial charge < -0.3 is 10.0 Å². The SMILES string of the molecule is CC1(C(=O)N2CCCC(C)(C)C2C(=O)O)CCCC1. The minimum absolute atomic E-state index is 0.0603. The lowest BCUT2D eigenvalue weighted by molar-refractivity contribution is -0.163. The Balaban J connectivity index is 2.26. The summed E-state index contributed by atoms with van der Waals surface area (Å²) < 4.78 is 0. The van der Waals surface area contributed by atoms with E-state index in [1.807, 2.05) is 20.8 Å². The van der Waals surface area contributed by atoms with Gasteiger partial charge in [0.15, 0.2) is 0 Å². The van der Waals surface area contributed by atoms with Crippen molar-refractivity contribution in [3.63, 3.8) is 0 Å². The van der Waals surface area contributed by atoms with E-state index in [1.54, 1.807) is 4.90 Å². The molecule has 0 bridgehead atoms. The second kappa shape index (κ2) is 4.80. The van der Waals surface area contributed by atoms with E-state index in [0.29, 0.717) is 6.54 Å². The van der Waals surface area contributed by atoms with Crippen LogP contribution in [0.2, 0.25) is 0 Å². The first-order valence-corrected chi connectivity index (χ1v) is 7.32. The molecule has 0 radical (unpaired) electrons. The van der Waals surface area contributed by atoms with Crippen molar-refractivity contribution in [3.05, 3.63) is 0 Å². The first kappa shape index (κ1) is 14.4. The van der Waals surface area contributed by atoms with Gasteiger partial charge in [0.25, 0.3) is 0 Å². The zero-order valence-electron chi connectivity index (χ0n) is 12.2. The Morgan fingerprint density at radius 1 is 1.05 bits per heavy atom. The second-order valence-corrected chi connectivity index (χ2v) is 7.10. The number of hydrogen-bond acceptors (Lipinski definition) is 2. The fourth-order valence-electron chi connectivity index (χ4n) is 3.79. The number of aliphatic carboxylic acids is 1. The fraction of sp³-hybridized carbons (Fsp3) is 0.867. The predicted molar refractivity (Wildman–Crippen MR) is 72.7 cm³/mol. The van der Waals surface area contributed by atoms with Crippen LogP contribution in [0.5, 0.6) is 0 Å². The summed E-state index contributed by atoms with van der Waals surface area (Å²) in [6.07, 6.45) is 5.72. The lowest BCUT2D eigenvalue weighted by Crippen LogP contribution is -2.58. The largest absolute Gasteiger partial charge is 0.480 e. The highest BCUT2D eigenvalue weighted by Gasteiger charge is 2.49. The molecule has 1 saturated carbocycles. The smallest absolute Gasteiger partial charge is 0.326 e. The monoisotopic (exact) mass is 267 g/mol. The molecule has 1 aliphatic carbocycles. The van der Waals surface area contributed by atoms with E-state index < -0.39 is 12.0 Å². The number of carbonyl (C=O) groups excluding carboxylic acids is 1. The molecule has 0 aromatic carbocycles. The normalized spacial score (nSPS) is 29.2. The van der Waals surface area contributed by atoms with Crippen molar-refractivity contribution in [2.45, 2.75) is 65.3 Å². The molecule has 0 aromatic rings. The molecule has 4 heteroatoms. The lowest BCUT2D eigenvalue weighted by Gasteiger charge is -2.46. The number of carboxylic acids is 1. The molecule has 4 nitrogen and oxygen atoms in total. The predicted octanol–water partition coefficient (Wildman–Crippen LogP) is 2.67. The topological polar surface area (TPSA) is 57.6 Å². The van der Waals surface area contributed by atoms with Gasteiger partial charge in [-0.05, 0) is 31.1 Å². The summed E-state index contributed by atoms with van der Waals surface area (Å²) in [6.45, 7) is 6.52. The zero-order valence-corrected chi connectivity index (χ0v) is 12.2. The number of piperidine rings is 1. The third kappa shape index (κ3) is 2.49. The highest BCUT2D eigenvalue weighted by Crippen LogP contribution is 2.43. The third-order valence-electron chi connectivity index (χ3n) is 4.99. The molecule has 2 aliphatic rings. The summed E-state index contributed by atoms with van der Waals surface area (Å²) in [4.78, 5) is 26.0. The third-order valence-corrected chi connectivity index (χ3v) is 4.99. The summed E-state index contributed by atoms with van der Waals surface area (Å²) in [5.41, 5.74) is -0.671. The number of likely N-dealkylation sites (tertiary alicyclic amines) is 1. The molecular weight excluding hydrogens is 242 g/mol. The van der Waals surface area contributed by atoms with Crippen molar-refractivity contribution >= 4 is 11.9 Å². The van der Waals surface area contributed by atoms with Crippen molar-refractivity contribution in [1.82, 2.24) is 4.90 Å². The quantitative estimate of drug-likeness (QED) is 0.836. The number of amides is 1. The van der Waals surface area contributed by atoms with Crippen molar-refractivity contribution in [3.8, 4) is 0 Å². The van der Waals surface area contributed by atoms with E-state index in [0.717, 1.165) is 38.5 Å². The van der Waals surface area contributed by atoms with Crippen molar-refractivity contribution in [2.75, 3.05) is 6.54 Å². The van der Waals surface area contributed by atoms with Crippen LogP contribution in [-0.2, 0) is 9.59 Å². The minimum Gasteiger partial charge on any atom is -0.480 e. The van der Waals surface area contributed by atoms with Crippen LogP contribution in [0.1, 0.15) is 59.3 Å². The van der Waals surface area contributed by atoms with Crippen LogP contribution in [0.15, 0.2) is 0 Å². The molecule has 1 aliphatic heterocycles. The Bertz CT molecular complexity index is 383. The van der Waals surface area contributed by atoms with Crippen LogP contribution in [0, 0.1) is 10.8 Å². The molecule has 1 N–H and O–H groups in total. The summed E-state index contributed by atoms with van der Waals surface area (Å²) >= 11 is 0. The van der Waals surface area contributed by atoms with Gasteiger partial charge in [0.1, 0.15) is 6.04 Å². The first-order chi connectivity index (χ1) is 8.78. The molecule has 2 rings (SSSR count). The standard InChI is InChI=1S/C15H25NO3/c1-14(2)7-6-10-16(11(14)12(17)18)13(19)15(3)8-4-5-9-15/h11H,4-10H2,1-3H3,(H,17,18). The van der Waals surface area contributed by atoms with Crippen LogP contribution >= 0.6 is 0 Å². The molecule has 1 amide bonds. The molecule has 1 unspecified atom stereocenters. The molecular formula is C15H25NO3. The van der Waals surface area contributed by atoms with Crippen LogP contribution in [0.25, 0.3) is 0 Å². The zero-order chi connectivity index (χ0) is 14.3. The van der Waals surface area contributed by atoms with Crippen LogP contribution < -0.4 is 0 Å². The van der Waals surface area contributed by atoms with Gasteiger partial charge in [-0.15, -0.1) is 0 Å². The second-order valence-electron chi connectivity index (χ2n) is 7.10. The van der Waals surface area contributed by atoms with Crippen molar-refractivity contribution < 1.29 is 14.7 Å². The molecule has 1 atom stereocenters. The maximum absolute atomic E-state index is 12.8. The fourth-order valence-corrected chi connectivity index (χ4v) is 3.79. The van der Waals surface area contributed by atoms with Gasteiger partial charge in [0, 0.05) is 12.0 Å². The minimum atomic E-state index is -0.861. The van der Waals surface area contributed by atoms with Crippen molar-refractivity contribution in [2.24, 2.45) is 10.8 Å². The molecule has 108 valence electrons. The molecule has 0 aromatic heterocycles. The van der Waals surface area contributed by atoms with E-state index >= 15 is 0 Å². The number of carbonyl (C=O) groups is 2. The molecule has 1 heterocycles. The summed E-state index contributed by atoms with van der Waals surface area (Å²) in [7, 11) is 0. The van der Waals surface area contributed by atoms with Crippen LogP contribution in [0.3, 0.4) is 0 Å². The van der Waals surface area contributed by atoms with E-state index in [4.69, 9.17) is 0 Å². The number of nitrogens with zero attached hydrogens (tertiary/aromatic N) is 1. The van der Waals surface area contributed by atoms with E-state index in [2.05, 4.69) is 0 Å². The maximum Gasteiger partial charge on any atom is 0.326 e. The Morgan fingerprint density at radius 2 is 1.63 bits per heavy atom. The van der Waals surface area contributed by atoms with Gasteiger partial charge in [-0.1, -0.05) is 33.6 Å². The van der Waals surface area contributed by atoms with Gasteiger partial charge in [-0.25, -0.2) is 4.79 Å². The van der Waals surface area contributed by atoms with Gasteiger partial charge in [-0.3, -0.25) is 4.79 Å². The van der Waals surface area contributed by atoms with E-state index in [9.17, 15) is 14.7 Å². The summed E-state index contributed by atoms with van der Waals surface area (Å²) in [5, 5.41) is 9.53.